The van der Waals surface area contributed by atoms with Crippen LogP contribution in [0.25, 0.3) is 11.2 Å². The van der Waals surface area contributed by atoms with Crippen LogP contribution in [-0.2, 0) is 0 Å². The van der Waals surface area contributed by atoms with Crippen molar-refractivity contribution in [2.45, 2.75) is 0 Å². The molecule has 0 amide bonds. The van der Waals surface area contributed by atoms with Gasteiger partial charge in [0.2, 0.25) is 0 Å². The van der Waals surface area contributed by atoms with Crippen molar-refractivity contribution in [3.8, 4) is 0 Å². The molecule has 5 nitrogen and oxygen atoms in total. The van der Waals surface area contributed by atoms with Crippen molar-refractivity contribution >= 4 is 17.4 Å². The number of imidazole rings is 1. The van der Waals surface area contributed by atoms with E-state index in [4.69, 9.17) is 5.21 Å². The number of pyridine rings is 1. The van der Waals surface area contributed by atoms with E-state index in [0.29, 0.717) is 11.5 Å². The number of aromatic amines is 1. The summed E-state index contributed by atoms with van der Waals surface area (Å²) in [5.41, 5.74) is 1.44. The molecule has 12 heavy (non-hydrogen) atoms. The summed E-state index contributed by atoms with van der Waals surface area (Å²) in [6.45, 7) is 0. The smallest absolute Gasteiger partial charge is 0.178 e. The third kappa shape index (κ3) is 1.01. The molecule has 5 heteroatoms. The molecule has 60 valence electrons. The van der Waals surface area contributed by atoms with Gasteiger partial charge in [-0.15, -0.1) is 0 Å². The quantitative estimate of drug-likeness (QED) is 0.369. The lowest BCUT2D eigenvalue weighted by Gasteiger charge is -1.80. The van der Waals surface area contributed by atoms with Crippen molar-refractivity contribution in [3.63, 3.8) is 0 Å². The minimum absolute atomic E-state index is 0.492. The molecule has 2 N–H and O–H groups in total. The van der Waals surface area contributed by atoms with Gasteiger partial charge in [0.15, 0.2) is 11.5 Å². The molecule has 0 saturated heterocycles. The molecule has 0 fully saturated rings. The van der Waals surface area contributed by atoms with Crippen LogP contribution < -0.4 is 0 Å². The Balaban J connectivity index is 2.62. The minimum atomic E-state index is 0.492. The molecule has 0 aliphatic carbocycles. The number of aromatic nitrogens is 3. The van der Waals surface area contributed by atoms with Crippen molar-refractivity contribution in [3.05, 3.63) is 24.2 Å². The van der Waals surface area contributed by atoms with Gasteiger partial charge in [-0.2, -0.15) is 0 Å². The van der Waals surface area contributed by atoms with E-state index in [0.717, 1.165) is 5.52 Å². The Morgan fingerprint density at radius 3 is 3.25 bits per heavy atom. The van der Waals surface area contributed by atoms with Gasteiger partial charge in [0.25, 0.3) is 0 Å². The molecule has 2 rings (SSSR count). The molecule has 0 aromatic carbocycles. The first-order chi connectivity index (χ1) is 5.90. The van der Waals surface area contributed by atoms with Gasteiger partial charge < -0.3 is 10.2 Å². The summed E-state index contributed by atoms with van der Waals surface area (Å²) in [5.74, 6) is 0.492. The lowest BCUT2D eigenvalue weighted by Crippen LogP contribution is -1.82. The third-order valence-corrected chi connectivity index (χ3v) is 1.46. The number of nitrogens with zero attached hydrogens (tertiary/aromatic N) is 3. The zero-order chi connectivity index (χ0) is 8.39. The summed E-state index contributed by atoms with van der Waals surface area (Å²) in [7, 11) is 0. The maximum absolute atomic E-state index is 8.23. The van der Waals surface area contributed by atoms with Crippen LogP contribution in [0.1, 0.15) is 5.82 Å². The number of hydrogen-bond donors (Lipinski definition) is 2. The van der Waals surface area contributed by atoms with Crippen molar-refractivity contribution in [1.82, 2.24) is 15.0 Å². The third-order valence-electron chi connectivity index (χ3n) is 1.46. The molecule has 0 spiro atoms. The standard InChI is InChI=1S/C7H6N4O/c12-9-4-6-10-5-2-1-3-8-7(5)11-6/h1-4,12H,(H,8,10,11). The molecule has 2 aromatic rings. The first-order valence-corrected chi connectivity index (χ1v) is 3.38. The first-order valence-electron chi connectivity index (χ1n) is 3.38. The van der Waals surface area contributed by atoms with Gasteiger partial charge in [-0.1, -0.05) is 5.16 Å². The zero-order valence-corrected chi connectivity index (χ0v) is 6.10. The summed E-state index contributed by atoms with van der Waals surface area (Å²) in [4.78, 5) is 10.9. The van der Waals surface area contributed by atoms with E-state index < -0.39 is 0 Å². The SMILES string of the molecule is ON=Cc1nc2ncccc2[nH]1. The number of nitrogens with one attached hydrogen (secondary N) is 1. The fourth-order valence-corrected chi connectivity index (χ4v) is 0.979. The van der Waals surface area contributed by atoms with Gasteiger partial charge in [-0.25, -0.2) is 9.97 Å². The van der Waals surface area contributed by atoms with Gasteiger partial charge in [0.05, 0.1) is 5.52 Å². The average molecular weight is 162 g/mol. The van der Waals surface area contributed by atoms with Crippen molar-refractivity contribution in [2.75, 3.05) is 0 Å². The van der Waals surface area contributed by atoms with Crippen LogP contribution >= 0.6 is 0 Å². The van der Waals surface area contributed by atoms with Crippen LogP contribution in [0.15, 0.2) is 23.5 Å². The molecule has 0 unspecified atom stereocenters. The van der Waals surface area contributed by atoms with E-state index in [1.54, 1.807) is 12.3 Å². The summed E-state index contributed by atoms with van der Waals surface area (Å²) in [6, 6.07) is 3.66. The second-order valence-electron chi connectivity index (χ2n) is 2.24. The van der Waals surface area contributed by atoms with Gasteiger partial charge in [-0.3, -0.25) is 0 Å². The zero-order valence-electron chi connectivity index (χ0n) is 6.10. The Morgan fingerprint density at radius 1 is 1.58 bits per heavy atom. The summed E-state index contributed by atoms with van der Waals surface area (Å²) in [5, 5.41) is 11.1. The number of oxime groups is 1. The highest BCUT2D eigenvalue weighted by molar-refractivity contribution is 5.81. The van der Waals surface area contributed by atoms with Gasteiger partial charge in [0, 0.05) is 6.20 Å². The first kappa shape index (κ1) is 6.78. The second-order valence-corrected chi connectivity index (χ2v) is 2.24. The van der Waals surface area contributed by atoms with Crippen LogP contribution in [0.2, 0.25) is 0 Å². The largest absolute Gasteiger partial charge is 0.411 e. The van der Waals surface area contributed by atoms with E-state index in [1.807, 2.05) is 6.07 Å². The molecule has 0 atom stereocenters. The van der Waals surface area contributed by atoms with Crippen molar-refractivity contribution in [2.24, 2.45) is 5.16 Å². The van der Waals surface area contributed by atoms with Crippen molar-refractivity contribution in [1.29, 1.82) is 0 Å². The Kier molecular flexibility index (Phi) is 1.48. The molecule has 0 bridgehead atoms. The minimum Gasteiger partial charge on any atom is -0.411 e. The van der Waals surface area contributed by atoms with Crippen LogP contribution in [0.4, 0.5) is 0 Å². The lowest BCUT2D eigenvalue weighted by atomic mass is 10.4. The highest BCUT2D eigenvalue weighted by Crippen LogP contribution is 2.05. The van der Waals surface area contributed by atoms with E-state index in [9.17, 15) is 0 Å². The number of fused-ring (bicyclic) bond motifs is 1. The normalized spacial score (nSPS) is 11.3. The second kappa shape index (κ2) is 2.61. The molecule has 0 aliphatic heterocycles. The van der Waals surface area contributed by atoms with Gasteiger partial charge in [0.1, 0.15) is 6.21 Å². The fraction of sp³-hybridized carbons (Fsp3) is 0. The highest BCUT2D eigenvalue weighted by Gasteiger charge is 1.98. The molecule has 2 heterocycles. The topological polar surface area (TPSA) is 74.2 Å². The maximum atomic E-state index is 8.23. The predicted octanol–water partition coefficient (Wildman–Crippen LogP) is 0.766. The molecule has 0 aliphatic rings. The molecular weight excluding hydrogens is 156 g/mol. The number of H-pyrrole nitrogens is 1. The lowest BCUT2D eigenvalue weighted by molar-refractivity contribution is 0.321. The van der Waals surface area contributed by atoms with Gasteiger partial charge >= 0.3 is 0 Å². The molecular formula is C7H6N4O. The van der Waals surface area contributed by atoms with Crippen LogP contribution in [0.3, 0.4) is 0 Å². The Morgan fingerprint density at radius 2 is 2.50 bits per heavy atom. The fourth-order valence-electron chi connectivity index (χ4n) is 0.979. The van der Waals surface area contributed by atoms with E-state index >= 15 is 0 Å². The monoisotopic (exact) mass is 162 g/mol. The average Bonchev–Trinajstić information content (AvgIpc) is 2.47. The summed E-state index contributed by atoms with van der Waals surface area (Å²) < 4.78 is 0. The van der Waals surface area contributed by atoms with Crippen LogP contribution in [-0.4, -0.2) is 26.4 Å². The Hall–Kier alpha value is -1.91. The predicted molar refractivity (Wildman–Crippen MR) is 43.3 cm³/mol. The summed E-state index contributed by atoms with van der Waals surface area (Å²) >= 11 is 0. The molecule has 0 radical (unpaired) electrons. The van der Waals surface area contributed by atoms with E-state index in [1.165, 1.54) is 6.21 Å². The van der Waals surface area contributed by atoms with Crippen molar-refractivity contribution < 1.29 is 5.21 Å². The van der Waals surface area contributed by atoms with E-state index in [2.05, 4.69) is 20.1 Å². The van der Waals surface area contributed by atoms with Gasteiger partial charge in [-0.05, 0) is 12.1 Å². The highest BCUT2D eigenvalue weighted by atomic mass is 16.4. The van der Waals surface area contributed by atoms with Crippen LogP contribution in [0.5, 0.6) is 0 Å². The van der Waals surface area contributed by atoms with Crippen LogP contribution in [0, 0.1) is 0 Å². The van der Waals surface area contributed by atoms with E-state index in [-0.39, 0.29) is 0 Å². The number of rotatable bonds is 1. The molecule has 0 saturated carbocycles. The molecule has 2 aromatic heterocycles. The maximum Gasteiger partial charge on any atom is 0.178 e. The Bertz CT molecular complexity index is 387. The number of hydrogen-bond acceptors (Lipinski definition) is 4. The summed E-state index contributed by atoms with van der Waals surface area (Å²) in [6.07, 6.45) is 2.88. The Labute approximate surface area is 67.8 Å².